The molecular weight excluding hydrogens is 408 g/mol. The van der Waals surface area contributed by atoms with Gasteiger partial charge in [0, 0.05) is 12.1 Å². The molecule has 0 saturated carbocycles. The molecule has 0 fully saturated rings. The number of hydrogen-bond donors (Lipinski definition) is 1. The minimum atomic E-state index is -0.170. The minimum Gasteiger partial charge on any atom is -0.461 e. The van der Waals surface area contributed by atoms with Gasteiger partial charge in [-0.2, -0.15) is 0 Å². The van der Waals surface area contributed by atoms with Crippen LogP contribution in [0.5, 0.6) is 0 Å². The number of amides is 1. The molecule has 0 saturated heterocycles. The topological polar surface area (TPSA) is 98.7 Å². The zero-order valence-corrected chi connectivity index (χ0v) is 17.2. The Morgan fingerprint density at radius 2 is 2.00 bits per heavy atom. The Kier molecular flexibility index (Phi) is 6.01. The van der Waals surface area contributed by atoms with Crippen molar-refractivity contribution < 1.29 is 9.21 Å². The Bertz CT molecular complexity index is 1080. The number of para-hydroxylation sites is 1. The van der Waals surface area contributed by atoms with Crippen molar-refractivity contribution in [2.75, 3.05) is 11.1 Å². The Morgan fingerprint density at radius 3 is 2.76 bits per heavy atom. The third kappa shape index (κ3) is 4.54. The van der Waals surface area contributed by atoms with E-state index in [1.807, 2.05) is 41.0 Å². The van der Waals surface area contributed by atoms with Crippen LogP contribution in [0.3, 0.4) is 0 Å². The number of benzene rings is 1. The SMILES string of the molecule is CCCc1nnc(NC(=O)CSc2nnc(-c3ccco3)n2-c2ccccc2)s1. The normalized spacial score (nSPS) is 10.9. The van der Waals surface area contributed by atoms with Crippen molar-refractivity contribution in [3.05, 3.63) is 53.7 Å². The predicted molar refractivity (Wildman–Crippen MR) is 112 cm³/mol. The quantitative estimate of drug-likeness (QED) is 0.424. The molecule has 4 rings (SSSR count). The number of furan rings is 1. The second-order valence-electron chi connectivity index (χ2n) is 6.04. The van der Waals surface area contributed by atoms with E-state index in [-0.39, 0.29) is 11.7 Å². The molecule has 3 heterocycles. The molecule has 0 aliphatic carbocycles. The van der Waals surface area contributed by atoms with Gasteiger partial charge in [0.25, 0.3) is 0 Å². The maximum atomic E-state index is 12.4. The number of aromatic nitrogens is 5. The molecule has 0 aliphatic rings. The van der Waals surface area contributed by atoms with Crippen molar-refractivity contribution >= 4 is 34.1 Å². The summed E-state index contributed by atoms with van der Waals surface area (Å²) in [6.07, 6.45) is 3.44. The zero-order valence-electron chi connectivity index (χ0n) is 15.6. The number of rotatable bonds is 8. The first-order valence-electron chi connectivity index (χ1n) is 9.04. The summed E-state index contributed by atoms with van der Waals surface area (Å²) in [6.45, 7) is 2.08. The summed E-state index contributed by atoms with van der Waals surface area (Å²) in [5, 5.41) is 21.4. The molecule has 3 aromatic heterocycles. The Balaban J connectivity index is 1.50. The lowest BCUT2D eigenvalue weighted by Crippen LogP contribution is -2.14. The lowest BCUT2D eigenvalue weighted by atomic mass is 10.3. The van der Waals surface area contributed by atoms with Gasteiger partial charge in [0.2, 0.25) is 16.9 Å². The molecule has 0 bridgehead atoms. The number of carbonyl (C=O) groups is 1. The van der Waals surface area contributed by atoms with Crippen LogP contribution in [0.1, 0.15) is 18.4 Å². The van der Waals surface area contributed by atoms with E-state index in [1.54, 1.807) is 12.3 Å². The van der Waals surface area contributed by atoms with Crippen LogP contribution in [0.15, 0.2) is 58.3 Å². The Labute approximate surface area is 175 Å². The second kappa shape index (κ2) is 9.01. The summed E-state index contributed by atoms with van der Waals surface area (Å²) < 4.78 is 7.37. The van der Waals surface area contributed by atoms with Gasteiger partial charge in [-0.25, -0.2) is 0 Å². The molecule has 0 aliphatic heterocycles. The smallest absolute Gasteiger partial charge is 0.236 e. The number of nitrogens with one attached hydrogen (secondary N) is 1. The van der Waals surface area contributed by atoms with Crippen molar-refractivity contribution in [3.8, 4) is 17.3 Å². The standard InChI is InChI=1S/C19H18N6O2S2/c1-2-7-16-21-23-18(29-16)20-15(26)12-28-19-24-22-17(14-10-6-11-27-14)25(19)13-8-4-3-5-9-13/h3-6,8-11H,2,7,12H2,1H3,(H,20,23,26). The third-order valence-electron chi connectivity index (χ3n) is 3.90. The molecule has 4 aromatic rings. The first kappa shape index (κ1) is 19.3. The average Bonchev–Trinajstić information content (AvgIpc) is 3.48. The Hall–Kier alpha value is -2.98. The van der Waals surface area contributed by atoms with E-state index in [4.69, 9.17) is 4.42 Å². The van der Waals surface area contributed by atoms with Gasteiger partial charge < -0.3 is 4.42 Å². The van der Waals surface area contributed by atoms with Crippen molar-refractivity contribution in [1.82, 2.24) is 25.0 Å². The molecule has 1 aromatic carbocycles. The van der Waals surface area contributed by atoms with Gasteiger partial charge in [0.15, 0.2) is 10.9 Å². The molecular formula is C19H18N6O2S2. The third-order valence-corrected chi connectivity index (χ3v) is 5.73. The van der Waals surface area contributed by atoms with E-state index in [9.17, 15) is 4.79 Å². The Morgan fingerprint density at radius 1 is 1.14 bits per heavy atom. The second-order valence-corrected chi connectivity index (χ2v) is 8.05. The number of carbonyl (C=O) groups excluding carboxylic acids is 1. The highest BCUT2D eigenvalue weighted by atomic mass is 32.2. The van der Waals surface area contributed by atoms with Gasteiger partial charge in [-0.05, 0) is 30.7 Å². The lowest BCUT2D eigenvalue weighted by Gasteiger charge is -2.08. The summed E-state index contributed by atoms with van der Waals surface area (Å²) in [5.41, 5.74) is 0.889. The van der Waals surface area contributed by atoms with Crippen LogP contribution >= 0.6 is 23.1 Å². The molecule has 148 valence electrons. The number of aryl methyl sites for hydroxylation is 1. The van der Waals surface area contributed by atoms with E-state index < -0.39 is 0 Å². The van der Waals surface area contributed by atoms with Crippen LogP contribution in [-0.4, -0.2) is 36.6 Å². The van der Waals surface area contributed by atoms with Crippen LogP contribution in [0.2, 0.25) is 0 Å². The first-order chi connectivity index (χ1) is 14.2. The van der Waals surface area contributed by atoms with E-state index in [2.05, 4.69) is 32.6 Å². The van der Waals surface area contributed by atoms with Gasteiger partial charge >= 0.3 is 0 Å². The van der Waals surface area contributed by atoms with Crippen LogP contribution < -0.4 is 5.32 Å². The predicted octanol–water partition coefficient (Wildman–Crippen LogP) is 4.06. The number of nitrogens with zero attached hydrogens (tertiary/aromatic N) is 5. The molecule has 1 amide bonds. The summed E-state index contributed by atoms with van der Waals surface area (Å²) in [4.78, 5) is 12.4. The fraction of sp³-hybridized carbons (Fsp3) is 0.211. The highest BCUT2D eigenvalue weighted by Crippen LogP contribution is 2.28. The summed E-state index contributed by atoms with van der Waals surface area (Å²) in [5.74, 6) is 1.19. The van der Waals surface area contributed by atoms with Crippen molar-refractivity contribution in [3.63, 3.8) is 0 Å². The van der Waals surface area contributed by atoms with Gasteiger partial charge in [0.1, 0.15) is 5.01 Å². The van der Waals surface area contributed by atoms with E-state index in [1.165, 1.54) is 23.1 Å². The van der Waals surface area contributed by atoms with Crippen molar-refractivity contribution in [2.24, 2.45) is 0 Å². The van der Waals surface area contributed by atoms with Crippen LogP contribution in [0.4, 0.5) is 5.13 Å². The summed E-state index contributed by atoms with van der Waals surface area (Å²) >= 11 is 2.70. The van der Waals surface area contributed by atoms with E-state index in [0.717, 1.165) is 23.5 Å². The van der Waals surface area contributed by atoms with E-state index in [0.29, 0.717) is 21.9 Å². The molecule has 8 nitrogen and oxygen atoms in total. The lowest BCUT2D eigenvalue weighted by molar-refractivity contribution is -0.113. The van der Waals surface area contributed by atoms with E-state index >= 15 is 0 Å². The van der Waals surface area contributed by atoms with Gasteiger partial charge in [0.05, 0.1) is 12.0 Å². The number of hydrogen-bond acceptors (Lipinski definition) is 8. The molecule has 10 heteroatoms. The molecule has 0 radical (unpaired) electrons. The van der Waals surface area contributed by atoms with Crippen molar-refractivity contribution in [2.45, 2.75) is 24.9 Å². The minimum absolute atomic E-state index is 0.170. The fourth-order valence-electron chi connectivity index (χ4n) is 2.64. The highest BCUT2D eigenvalue weighted by molar-refractivity contribution is 7.99. The van der Waals surface area contributed by atoms with Gasteiger partial charge in [-0.15, -0.1) is 20.4 Å². The molecule has 29 heavy (non-hydrogen) atoms. The van der Waals surface area contributed by atoms with Gasteiger partial charge in [-0.1, -0.05) is 48.2 Å². The van der Waals surface area contributed by atoms with Crippen molar-refractivity contribution in [1.29, 1.82) is 0 Å². The number of thioether (sulfide) groups is 1. The first-order valence-corrected chi connectivity index (χ1v) is 10.8. The summed E-state index contributed by atoms with van der Waals surface area (Å²) in [6, 6.07) is 13.3. The maximum absolute atomic E-state index is 12.4. The average molecular weight is 427 g/mol. The monoisotopic (exact) mass is 426 g/mol. The van der Waals surface area contributed by atoms with Crippen LogP contribution in [0, 0.1) is 0 Å². The zero-order chi connectivity index (χ0) is 20.1. The van der Waals surface area contributed by atoms with Crippen LogP contribution in [-0.2, 0) is 11.2 Å². The molecule has 0 spiro atoms. The largest absolute Gasteiger partial charge is 0.461 e. The molecule has 1 N–H and O–H groups in total. The van der Waals surface area contributed by atoms with Gasteiger partial charge in [-0.3, -0.25) is 14.7 Å². The maximum Gasteiger partial charge on any atom is 0.236 e. The molecule has 0 atom stereocenters. The highest BCUT2D eigenvalue weighted by Gasteiger charge is 2.19. The summed E-state index contributed by atoms with van der Waals surface area (Å²) in [7, 11) is 0. The fourth-order valence-corrected chi connectivity index (χ4v) is 4.25. The van der Waals surface area contributed by atoms with Crippen LogP contribution in [0.25, 0.3) is 17.3 Å². The molecule has 0 unspecified atom stereocenters. The number of anilines is 1.